The Balaban J connectivity index is 1.92. The van der Waals surface area contributed by atoms with Crippen molar-refractivity contribution in [3.8, 4) is 0 Å². The van der Waals surface area contributed by atoms with E-state index < -0.39 is 16.0 Å². The fourth-order valence-electron chi connectivity index (χ4n) is 2.04. The van der Waals surface area contributed by atoms with Gasteiger partial charge in [-0.3, -0.25) is 9.52 Å². The second-order valence-electron chi connectivity index (χ2n) is 5.02. The van der Waals surface area contributed by atoms with Crippen LogP contribution in [0, 0.1) is 0 Å². The number of esters is 1. The van der Waals surface area contributed by atoms with Crippen molar-refractivity contribution in [2.45, 2.75) is 0 Å². The number of benzene rings is 1. The first-order chi connectivity index (χ1) is 10.8. The molecule has 1 N–H and O–H groups in total. The van der Waals surface area contributed by atoms with Crippen LogP contribution in [-0.2, 0) is 24.3 Å². The minimum absolute atomic E-state index is 0.161. The van der Waals surface area contributed by atoms with Crippen LogP contribution in [0.2, 0.25) is 0 Å². The maximum absolute atomic E-state index is 12.0. The third-order valence-electron chi connectivity index (χ3n) is 3.09. The van der Waals surface area contributed by atoms with Gasteiger partial charge in [-0.05, 0) is 18.2 Å². The van der Waals surface area contributed by atoms with E-state index in [2.05, 4.69) is 4.72 Å². The van der Waals surface area contributed by atoms with Crippen LogP contribution < -0.4 is 4.72 Å². The van der Waals surface area contributed by atoms with Gasteiger partial charge in [0.25, 0.3) is 5.91 Å². The predicted octanol–water partition coefficient (Wildman–Crippen LogP) is 0.0737. The monoisotopic (exact) mass is 342 g/mol. The number of hydrogen-bond donors (Lipinski definition) is 1. The first kappa shape index (κ1) is 17.2. The topological polar surface area (TPSA) is 102 Å². The van der Waals surface area contributed by atoms with Crippen molar-refractivity contribution < 1.29 is 27.5 Å². The fourth-order valence-corrected chi connectivity index (χ4v) is 2.59. The molecule has 1 aromatic carbocycles. The summed E-state index contributed by atoms with van der Waals surface area (Å²) in [5.41, 5.74) is 0.412. The van der Waals surface area contributed by atoms with Crippen molar-refractivity contribution in [1.29, 1.82) is 0 Å². The zero-order chi connectivity index (χ0) is 16.9. The van der Waals surface area contributed by atoms with E-state index in [1.54, 1.807) is 4.90 Å². The van der Waals surface area contributed by atoms with Gasteiger partial charge in [-0.1, -0.05) is 6.07 Å². The predicted molar refractivity (Wildman–Crippen MR) is 82.6 cm³/mol. The summed E-state index contributed by atoms with van der Waals surface area (Å²) in [5.74, 6) is -0.976. The van der Waals surface area contributed by atoms with Crippen LogP contribution in [0.15, 0.2) is 24.3 Å². The van der Waals surface area contributed by atoms with Crippen LogP contribution in [0.3, 0.4) is 0 Å². The molecule has 1 saturated heterocycles. The second-order valence-corrected chi connectivity index (χ2v) is 6.77. The van der Waals surface area contributed by atoms with E-state index in [1.165, 1.54) is 24.3 Å². The molecule has 0 atom stereocenters. The molecule has 1 fully saturated rings. The molecule has 1 aromatic rings. The van der Waals surface area contributed by atoms with Crippen LogP contribution in [0.1, 0.15) is 10.4 Å². The van der Waals surface area contributed by atoms with Gasteiger partial charge in [-0.2, -0.15) is 0 Å². The molecule has 2 rings (SSSR count). The number of rotatable bonds is 5. The molecule has 0 saturated carbocycles. The highest BCUT2D eigenvalue weighted by Gasteiger charge is 2.19. The van der Waals surface area contributed by atoms with Gasteiger partial charge in [0.2, 0.25) is 10.0 Å². The lowest BCUT2D eigenvalue weighted by molar-refractivity contribution is -0.138. The normalized spacial score (nSPS) is 15.1. The fraction of sp³-hybridized carbons (Fsp3) is 0.429. The highest BCUT2D eigenvalue weighted by molar-refractivity contribution is 7.92. The molecule has 1 aliphatic heterocycles. The van der Waals surface area contributed by atoms with E-state index in [1.807, 2.05) is 0 Å². The molecule has 0 aliphatic carbocycles. The van der Waals surface area contributed by atoms with Gasteiger partial charge in [0.15, 0.2) is 6.61 Å². The third-order valence-corrected chi connectivity index (χ3v) is 3.70. The number of sulfonamides is 1. The van der Waals surface area contributed by atoms with Crippen molar-refractivity contribution >= 4 is 27.6 Å². The minimum atomic E-state index is -3.43. The van der Waals surface area contributed by atoms with E-state index in [9.17, 15) is 18.0 Å². The number of amides is 1. The van der Waals surface area contributed by atoms with Crippen LogP contribution in [0.25, 0.3) is 0 Å². The zero-order valence-corrected chi connectivity index (χ0v) is 13.5. The summed E-state index contributed by atoms with van der Waals surface area (Å²) in [7, 11) is -3.43. The number of nitrogens with one attached hydrogen (secondary N) is 1. The van der Waals surface area contributed by atoms with Crippen LogP contribution >= 0.6 is 0 Å². The Morgan fingerprint density at radius 3 is 2.65 bits per heavy atom. The van der Waals surface area contributed by atoms with Crippen molar-refractivity contribution in [2.24, 2.45) is 0 Å². The number of morpholine rings is 1. The van der Waals surface area contributed by atoms with Gasteiger partial charge in [-0.15, -0.1) is 0 Å². The minimum Gasteiger partial charge on any atom is -0.452 e. The van der Waals surface area contributed by atoms with E-state index in [-0.39, 0.29) is 23.8 Å². The molecule has 0 bridgehead atoms. The molecule has 0 unspecified atom stereocenters. The number of carbonyl (C=O) groups is 2. The van der Waals surface area contributed by atoms with Gasteiger partial charge >= 0.3 is 5.97 Å². The third kappa shape index (κ3) is 5.53. The Kier molecular flexibility index (Phi) is 5.56. The first-order valence-electron chi connectivity index (χ1n) is 6.96. The van der Waals surface area contributed by atoms with E-state index in [0.29, 0.717) is 26.3 Å². The summed E-state index contributed by atoms with van der Waals surface area (Å²) in [6.07, 6.45) is 1.01. The van der Waals surface area contributed by atoms with E-state index >= 15 is 0 Å². The Bertz CT molecular complexity index is 682. The van der Waals surface area contributed by atoms with Crippen molar-refractivity contribution in [1.82, 2.24) is 4.90 Å². The average molecular weight is 342 g/mol. The quantitative estimate of drug-likeness (QED) is 0.760. The molecule has 0 aromatic heterocycles. The molecule has 1 amide bonds. The molecule has 126 valence electrons. The molecule has 0 spiro atoms. The Hall–Kier alpha value is -2.13. The number of ether oxygens (including phenoxy) is 2. The number of hydrogen-bond acceptors (Lipinski definition) is 6. The van der Waals surface area contributed by atoms with Crippen LogP contribution in [0.4, 0.5) is 5.69 Å². The highest BCUT2D eigenvalue weighted by Crippen LogP contribution is 2.13. The molecule has 0 radical (unpaired) electrons. The molecular weight excluding hydrogens is 324 g/mol. The smallest absolute Gasteiger partial charge is 0.338 e. The Morgan fingerprint density at radius 1 is 1.30 bits per heavy atom. The Labute approximate surface area is 134 Å². The molecule has 1 aliphatic rings. The largest absolute Gasteiger partial charge is 0.452 e. The first-order valence-corrected chi connectivity index (χ1v) is 8.85. The van der Waals surface area contributed by atoms with Crippen LogP contribution in [0.5, 0.6) is 0 Å². The Morgan fingerprint density at radius 2 is 2.00 bits per heavy atom. The average Bonchev–Trinajstić information content (AvgIpc) is 2.51. The number of anilines is 1. The number of nitrogens with zero attached hydrogens (tertiary/aromatic N) is 1. The molecular formula is C14H18N2O6S. The van der Waals surface area contributed by atoms with Crippen molar-refractivity contribution in [2.75, 3.05) is 43.9 Å². The van der Waals surface area contributed by atoms with Gasteiger partial charge in [0.1, 0.15) is 0 Å². The summed E-state index contributed by atoms with van der Waals surface area (Å²) in [4.78, 5) is 25.4. The summed E-state index contributed by atoms with van der Waals surface area (Å²) in [5, 5.41) is 0. The molecule has 8 nitrogen and oxygen atoms in total. The van der Waals surface area contributed by atoms with E-state index in [4.69, 9.17) is 9.47 Å². The second kappa shape index (κ2) is 7.42. The summed E-state index contributed by atoms with van der Waals surface area (Å²) < 4.78 is 34.8. The molecule has 9 heteroatoms. The lowest BCUT2D eigenvalue weighted by atomic mass is 10.2. The van der Waals surface area contributed by atoms with Crippen molar-refractivity contribution in [3.05, 3.63) is 29.8 Å². The van der Waals surface area contributed by atoms with Gasteiger partial charge in [-0.25, -0.2) is 13.2 Å². The highest BCUT2D eigenvalue weighted by atomic mass is 32.2. The lowest BCUT2D eigenvalue weighted by Gasteiger charge is -2.26. The maximum atomic E-state index is 12.0. The molecule has 1 heterocycles. The van der Waals surface area contributed by atoms with E-state index in [0.717, 1.165) is 6.26 Å². The maximum Gasteiger partial charge on any atom is 0.338 e. The van der Waals surface area contributed by atoms with Crippen molar-refractivity contribution in [3.63, 3.8) is 0 Å². The van der Waals surface area contributed by atoms with Gasteiger partial charge in [0, 0.05) is 18.8 Å². The standard InChI is InChI=1S/C14H18N2O6S/c1-23(19,20)15-12-4-2-3-11(9-12)14(18)22-10-13(17)16-5-7-21-8-6-16/h2-4,9,15H,5-8,10H2,1H3. The summed E-state index contributed by atoms with van der Waals surface area (Å²) >= 11 is 0. The summed E-state index contributed by atoms with van der Waals surface area (Å²) in [6.45, 7) is 1.54. The number of carbonyl (C=O) groups excluding carboxylic acids is 2. The van der Waals surface area contributed by atoms with Gasteiger partial charge < -0.3 is 14.4 Å². The van der Waals surface area contributed by atoms with Crippen LogP contribution in [-0.4, -0.2) is 64.4 Å². The van der Waals surface area contributed by atoms with Gasteiger partial charge in [0.05, 0.1) is 25.0 Å². The lowest BCUT2D eigenvalue weighted by Crippen LogP contribution is -2.42. The zero-order valence-electron chi connectivity index (χ0n) is 12.6. The summed E-state index contributed by atoms with van der Waals surface area (Å²) in [6, 6.07) is 5.86. The molecule has 23 heavy (non-hydrogen) atoms. The SMILES string of the molecule is CS(=O)(=O)Nc1cccc(C(=O)OCC(=O)N2CCOCC2)c1.